The molecule has 1 N–H and O–H groups in total. The van der Waals surface area contributed by atoms with Crippen molar-refractivity contribution >= 4 is 0 Å². The zero-order chi connectivity index (χ0) is 10.1. The van der Waals surface area contributed by atoms with E-state index in [1.54, 1.807) is 12.1 Å². The van der Waals surface area contributed by atoms with Gasteiger partial charge in [0.2, 0.25) is 0 Å². The van der Waals surface area contributed by atoms with Crippen molar-refractivity contribution < 1.29 is 9.84 Å². The lowest BCUT2D eigenvalue weighted by Gasteiger charge is -2.16. The number of aromatic hydroxyl groups is 1. The molecule has 1 aliphatic rings. The highest BCUT2D eigenvalue weighted by molar-refractivity contribution is 5.43. The maximum absolute atomic E-state index is 9.30. The van der Waals surface area contributed by atoms with Crippen LogP contribution >= 0.6 is 0 Å². The van der Waals surface area contributed by atoms with E-state index < -0.39 is 0 Å². The summed E-state index contributed by atoms with van der Waals surface area (Å²) in [4.78, 5) is 0. The summed E-state index contributed by atoms with van der Waals surface area (Å²) in [5.74, 6) is 1.72. The Bertz CT molecular complexity index is 333. The second kappa shape index (κ2) is 3.52. The lowest BCUT2D eigenvalue weighted by atomic mass is 9.98. The molecule has 14 heavy (non-hydrogen) atoms. The van der Waals surface area contributed by atoms with Gasteiger partial charge in [-0.05, 0) is 17.5 Å². The van der Waals surface area contributed by atoms with E-state index >= 15 is 0 Å². The number of benzene rings is 1. The first-order chi connectivity index (χ1) is 6.70. The Morgan fingerprint density at radius 3 is 3.07 bits per heavy atom. The molecule has 0 saturated carbocycles. The summed E-state index contributed by atoms with van der Waals surface area (Å²) in [7, 11) is 0. The lowest BCUT2D eigenvalue weighted by molar-refractivity contribution is 0.165. The van der Waals surface area contributed by atoms with Gasteiger partial charge in [-0.2, -0.15) is 0 Å². The van der Waals surface area contributed by atoms with Crippen LogP contribution in [0.4, 0.5) is 0 Å². The van der Waals surface area contributed by atoms with Gasteiger partial charge in [0.1, 0.15) is 17.6 Å². The molecule has 0 aromatic heterocycles. The van der Waals surface area contributed by atoms with Crippen molar-refractivity contribution in [3.63, 3.8) is 0 Å². The molecule has 0 aliphatic carbocycles. The Morgan fingerprint density at radius 1 is 1.57 bits per heavy atom. The van der Waals surface area contributed by atoms with Gasteiger partial charge in [0, 0.05) is 12.5 Å². The fourth-order valence-corrected chi connectivity index (χ4v) is 1.82. The summed E-state index contributed by atoms with van der Waals surface area (Å²) in [6.07, 6.45) is 2.40. The Balaban J connectivity index is 2.17. The molecule has 1 heterocycles. The first kappa shape index (κ1) is 9.38. The van der Waals surface area contributed by atoms with Crippen LogP contribution in [-0.4, -0.2) is 11.2 Å². The molecule has 0 saturated heterocycles. The van der Waals surface area contributed by atoms with Crippen molar-refractivity contribution in [1.29, 1.82) is 0 Å². The van der Waals surface area contributed by atoms with Crippen LogP contribution in [0.25, 0.3) is 0 Å². The molecule has 1 aliphatic heterocycles. The quantitative estimate of drug-likeness (QED) is 0.780. The fraction of sp³-hybridized carbons (Fsp3) is 0.500. The molecule has 0 bridgehead atoms. The minimum atomic E-state index is 0.286. The van der Waals surface area contributed by atoms with Gasteiger partial charge in [-0.15, -0.1) is 0 Å². The molecule has 0 radical (unpaired) electrons. The number of phenolic OH excluding ortho intramolecular Hbond substituents is 1. The standard InChI is InChI=1S/C12H16O2/c1-3-8(2)11-6-9-4-5-10(13)7-12(9)14-11/h4-5,7-8,11,13H,3,6H2,1-2H3. The summed E-state index contributed by atoms with van der Waals surface area (Å²) in [5, 5.41) is 9.30. The maximum atomic E-state index is 9.30. The normalized spacial score (nSPS) is 21.4. The Morgan fingerprint density at radius 2 is 2.36 bits per heavy atom. The van der Waals surface area contributed by atoms with Crippen LogP contribution in [0.5, 0.6) is 11.5 Å². The third-order valence-corrected chi connectivity index (χ3v) is 3.03. The van der Waals surface area contributed by atoms with E-state index in [1.165, 1.54) is 5.56 Å². The minimum Gasteiger partial charge on any atom is -0.508 e. The summed E-state index contributed by atoms with van der Waals surface area (Å²) in [6.45, 7) is 4.38. The molecule has 2 nitrogen and oxygen atoms in total. The largest absolute Gasteiger partial charge is 0.508 e. The van der Waals surface area contributed by atoms with Gasteiger partial charge in [0.05, 0.1) is 0 Å². The van der Waals surface area contributed by atoms with Crippen molar-refractivity contribution in [2.75, 3.05) is 0 Å². The van der Waals surface area contributed by atoms with E-state index in [1.807, 2.05) is 6.07 Å². The minimum absolute atomic E-state index is 0.286. The van der Waals surface area contributed by atoms with Crippen LogP contribution in [0.2, 0.25) is 0 Å². The van der Waals surface area contributed by atoms with Crippen LogP contribution in [0.15, 0.2) is 18.2 Å². The summed E-state index contributed by atoms with van der Waals surface area (Å²) >= 11 is 0. The van der Waals surface area contributed by atoms with Crippen molar-refractivity contribution in [2.45, 2.75) is 32.8 Å². The van der Waals surface area contributed by atoms with Crippen molar-refractivity contribution in [3.8, 4) is 11.5 Å². The highest BCUT2D eigenvalue weighted by Crippen LogP contribution is 2.34. The van der Waals surface area contributed by atoms with Crippen LogP contribution in [0, 0.1) is 5.92 Å². The highest BCUT2D eigenvalue weighted by Gasteiger charge is 2.26. The molecular weight excluding hydrogens is 176 g/mol. The monoisotopic (exact) mass is 192 g/mol. The van der Waals surface area contributed by atoms with Gasteiger partial charge in [-0.3, -0.25) is 0 Å². The van der Waals surface area contributed by atoms with Crippen molar-refractivity contribution in [1.82, 2.24) is 0 Å². The van der Waals surface area contributed by atoms with Gasteiger partial charge in [-0.1, -0.05) is 26.3 Å². The number of hydrogen-bond donors (Lipinski definition) is 1. The molecule has 2 atom stereocenters. The van der Waals surface area contributed by atoms with E-state index in [0.717, 1.165) is 18.6 Å². The average Bonchev–Trinajstić information content (AvgIpc) is 2.59. The number of phenols is 1. The summed E-state index contributed by atoms with van der Waals surface area (Å²) in [6, 6.07) is 5.38. The topological polar surface area (TPSA) is 29.5 Å². The number of hydrogen-bond acceptors (Lipinski definition) is 2. The first-order valence-electron chi connectivity index (χ1n) is 5.19. The fourth-order valence-electron chi connectivity index (χ4n) is 1.82. The molecule has 0 spiro atoms. The average molecular weight is 192 g/mol. The van der Waals surface area contributed by atoms with Crippen LogP contribution in [-0.2, 0) is 6.42 Å². The molecule has 0 amide bonds. The van der Waals surface area contributed by atoms with Crippen molar-refractivity contribution in [3.05, 3.63) is 23.8 Å². The van der Waals surface area contributed by atoms with Gasteiger partial charge in [0.25, 0.3) is 0 Å². The van der Waals surface area contributed by atoms with E-state index in [9.17, 15) is 5.11 Å². The molecule has 76 valence electrons. The maximum Gasteiger partial charge on any atom is 0.126 e. The van der Waals surface area contributed by atoms with E-state index in [4.69, 9.17) is 4.74 Å². The molecule has 0 fully saturated rings. The predicted molar refractivity (Wildman–Crippen MR) is 55.7 cm³/mol. The second-order valence-corrected chi connectivity index (χ2v) is 4.04. The van der Waals surface area contributed by atoms with E-state index in [0.29, 0.717) is 5.92 Å². The number of ether oxygens (including phenoxy) is 1. The zero-order valence-electron chi connectivity index (χ0n) is 8.66. The molecule has 1 aromatic rings. The summed E-state index contributed by atoms with van der Waals surface area (Å²) < 4.78 is 5.78. The summed E-state index contributed by atoms with van der Waals surface area (Å²) in [5.41, 5.74) is 1.22. The Kier molecular flexibility index (Phi) is 2.36. The van der Waals surface area contributed by atoms with Gasteiger partial charge in [0.15, 0.2) is 0 Å². The highest BCUT2D eigenvalue weighted by atomic mass is 16.5. The lowest BCUT2D eigenvalue weighted by Crippen LogP contribution is -2.21. The third-order valence-electron chi connectivity index (χ3n) is 3.03. The molecule has 1 aromatic carbocycles. The SMILES string of the molecule is CCC(C)C1Cc2ccc(O)cc2O1. The van der Waals surface area contributed by atoms with Gasteiger partial charge < -0.3 is 9.84 Å². The van der Waals surface area contributed by atoms with Crippen LogP contribution in [0.3, 0.4) is 0 Å². The number of rotatable bonds is 2. The zero-order valence-corrected chi connectivity index (χ0v) is 8.66. The number of fused-ring (bicyclic) bond motifs is 1. The van der Waals surface area contributed by atoms with Crippen LogP contribution < -0.4 is 4.74 Å². The van der Waals surface area contributed by atoms with Gasteiger partial charge >= 0.3 is 0 Å². The second-order valence-electron chi connectivity index (χ2n) is 4.04. The van der Waals surface area contributed by atoms with Crippen LogP contribution in [0.1, 0.15) is 25.8 Å². The molecule has 2 rings (SSSR count). The smallest absolute Gasteiger partial charge is 0.126 e. The van der Waals surface area contributed by atoms with Crippen molar-refractivity contribution in [2.24, 2.45) is 5.92 Å². The van der Waals surface area contributed by atoms with E-state index in [-0.39, 0.29) is 11.9 Å². The predicted octanol–water partition coefficient (Wildman–Crippen LogP) is 2.74. The molecular formula is C12H16O2. The molecule has 2 heteroatoms. The van der Waals surface area contributed by atoms with Gasteiger partial charge in [-0.25, -0.2) is 0 Å². The van der Waals surface area contributed by atoms with E-state index in [2.05, 4.69) is 13.8 Å². The Labute approximate surface area is 84.5 Å². The third kappa shape index (κ3) is 1.57. The molecule has 2 unspecified atom stereocenters. The first-order valence-corrected chi connectivity index (χ1v) is 5.19. The Hall–Kier alpha value is -1.18.